The van der Waals surface area contributed by atoms with Crippen molar-refractivity contribution in [3.05, 3.63) is 57.8 Å². The first-order valence-electron chi connectivity index (χ1n) is 5.87. The minimum atomic E-state index is -0.456. The molecule has 2 heterocycles. The molecule has 3 heteroatoms. The van der Waals surface area contributed by atoms with Crippen molar-refractivity contribution < 1.29 is 5.11 Å². The number of hydrogen-bond donors (Lipinski definition) is 2. The molecular weight excluding hydrogens is 230 g/mol. The molecule has 0 saturated carbocycles. The van der Waals surface area contributed by atoms with Gasteiger partial charge >= 0.3 is 0 Å². The molecule has 1 aliphatic heterocycles. The van der Waals surface area contributed by atoms with E-state index in [4.69, 9.17) is 0 Å². The van der Waals surface area contributed by atoms with Gasteiger partial charge in [0, 0.05) is 0 Å². The quantitative estimate of drug-likeness (QED) is 0.852. The Labute approximate surface area is 105 Å². The fraction of sp³-hybridized carbons (Fsp3) is 0.286. The Morgan fingerprint density at radius 3 is 3.00 bits per heavy atom. The average Bonchev–Trinajstić information content (AvgIpc) is 2.91. The molecule has 88 valence electrons. The predicted molar refractivity (Wildman–Crippen MR) is 70.2 cm³/mol. The summed E-state index contributed by atoms with van der Waals surface area (Å²) in [5, 5.41) is 17.9. The lowest BCUT2D eigenvalue weighted by atomic mass is 9.89. The smallest absolute Gasteiger partial charge is 0.0992 e. The van der Waals surface area contributed by atoms with E-state index in [1.807, 2.05) is 22.9 Å². The normalized spacial score (nSPS) is 20.9. The summed E-state index contributed by atoms with van der Waals surface area (Å²) < 4.78 is 0. The zero-order valence-corrected chi connectivity index (χ0v) is 10.3. The maximum atomic E-state index is 10.4. The van der Waals surface area contributed by atoms with Crippen LogP contribution in [-0.2, 0) is 6.42 Å². The van der Waals surface area contributed by atoms with E-state index in [9.17, 15) is 5.11 Å². The minimum Gasteiger partial charge on any atom is -0.386 e. The standard InChI is InChI=1S/C14H15NOS/c16-14(11-6-8-17-9-11)13-12-4-2-1-3-10(12)5-7-15-13/h1-4,6,8-9,13-16H,5,7H2. The zero-order valence-electron chi connectivity index (χ0n) is 9.47. The van der Waals surface area contributed by atoms with Crippen LogP contribution in [0.1, 0.15) is 28.8 Å². The van der Waals surface area contributed by atoms with E-state index < -0.39 is 6.10 Å². The monoisotopic (exact) mass is 245 g/mol. The van der Waals surface area contributed by atoms with Crippen LogP contribution in [0.25, 0.3) is 0 Å². The first kappa shape index (κ1) is 11.0. The first-order valence-corrected chi connectivity index (χ1v) is 6.82. The summed E-state index contributed by atoms with van der Waals surface area (Å²) in [7, 11) is 0. The third kappa shape index (κ3) is 2.02. The first-order chi connectivity index (χ1) is 8.36. The zero-order chi connectivity index (χ0) is 11.7. The molecule has 0 saturated heterocycles. The second kappa shape index (κ2) is 4.61. The van der Waals surface area contributed by atoms with Crippen LogP contribution in [0, 0.1) is 0 Å². The third-order valence-electron chi connectivity index (χ3n) is 3.35. The van der Waals surface area contributed by atoms with Crippen LogP contribution in [0.5, 0.6) is 0 Å². The summed E-state index contributed by atoms with van der Waals surface area (Å²) >= 11 is 1.63. The molecule has 0 aliphatic carbocycles. The predicted octanol–water partition coefficient (Wildman–Crippen LogP) is 2.67. The molecule has 2 unspecified atom stereocenters. The van der Waals surface area contributed by atoms with Crippen LogP contribution in [0.2, 0.25) is 0 Å². The van der Waals surface area contributed by atoms with Gasteiger partial charge in [0.25, 0.3) is 0 Å². The Morgan fingerprint density at radius 1 is 1.29 bits per heavy atom. The van der Waals surface area contributed by atoms with Gasteiger partial charge in [-0.15, -0.1) is 0 Å². The summed E-state index contributed by atoms with van der Waals surface area (Å²) in [4.78, 5) is 0. The topological polar surface area (TPSA) is 32.3 Å². The number of aliphatic hydroxyl groups excluding tert-OH is 1. The molecule has 0 spiro atoms. The van der Waals surface area contributed by atoms with Crippen molar-refractivity contribution >= 4 is 11.3 Å². The summed E-state index contributed by atoms with van der Waals surface area (Å²) in [6.07, 6.45) is 0.589. The molecule has 1 aromatic heterocycles. The Morgan fingerprint density at radius 2 is 2.18 bits per heavy atom. The van der Waals surface area contributed by atoms with Crippen LogP contribution in [0.15, 0.2) is 41.1 Å². The van der Waals surface area contributed by atoms with E-state index in [1.165, 1.54) is 11.1 Å². The molecule has 0 radical (unpaired) electrons. The molecule has 17 heavy (non-hydrogen) atoms. The average molecular weight is 245 g/mol. The van der Waals surface area contributed by atoms with Crippen LogP contribution in [0.3, 0.4) is 0 Å². The van der Waals surface area contributed by atoms with Crippen LogP contribution >= 0.6 is 11.3 Å². The number of thiophene rings is 1. The van der Waals surface area contributed by atoms with Gasteiger partial charge < -0.3 is 10.4 Å². The van der Waals surface area contributed by atoms with E-state index >= 15 is 0 Å². The van der Waals surface area contributed by atoms with Crippen molar-refractivity contribution in [1.29, 1.82) is 0 Å². The van der Waals surface area contributed by atoms with Crippen LogP contribution in [-0.4, -0.2) is 11.7 Å². The van der Waals surface area contributed by atoms with E-state index in [-0.39, 0.29) is 6.04 Å². The number of aliphatic hydroxyl groups is 1. The summed E-state index contributed by atoms with van der Waals surface area (Å²) in [5.41, 5.74) is 3.59. The Balaban J connectivity index is 1.95. The van der Waals surface area contributed by atoms with Gasteiger partial charge in [-0.25, -0.2) is 0 Å². The molecule has 1 aliphatic rings. The highest BCUT2D eigenvalue weighted by Gasteiger charge is 2.27. The van der Waals surface area contributed by atoms with E-state index in [2.05, 4.69) is 23.5 Å². The highest BCUT2D eigenvalue weighted by molar-refractivity contribution is 7.07. The van der Waals surface area contributed by atoms with Crippen molar-refractivity contribution in [3.8, 4) is 0 Å². The Kier molecular flexibility index (Phi) is 2.97. The number of benzene rings is 1. The van der Waals surface area contributed by atoms with Crippen molar-refractivity contribution in [2.75, 3.05) is 6.54 Å². The molecule has 0 amide bonds. The van der Waals surface area contributed by atoms with Gasteiger partial charge in [0.15, 0.2) is 0 Å². The van der Waals surface area contributed by atoms with Crippen LogP contribution in [0.4, 0.5) is 0 Å². The van der Waals surface area contributed by atoms with Gasteiger partial charge in [-0.05, 0) is 46.5 Å². The Hall–Kier alpha value is -1.16. The summed E-state index contributed by atoms with van der Waals surface area (Å²) in [6, 6.07) is 10.4. The molecule has 0 fully saturated rings. The highest BCUT2D eigenvalue weighted by atomic mass is 32.1. The number of fused-ring (bicyclic) bond motifs is 1. The molecule has 2 atom stereocenters. The second-order valence-corrected chi connectivity index (χ2v) is 5.16. The fourth-order valence-electron chi connectivity index (χ4n) is 2.46. The van der Waals surface area contributed by atoms with Gasteiger partial charge in [0.05, 0.1) is 12.1 Å². The van der Waals surface area contributed by atoms with Gasteiger partial charge in [0.1, 0.15) is 0 Å². The number of rotatable bonds is 2. The molecule has 2 aromatic rings. The minimum absolute atomic E-state index is 0.0227. The lowest BCUT2D eigenvalue weighted by Gasteiger charge is -2.30. The third-order valence-corrected chi connectivity index (χ3v) is 4.05. The number of nitrogens with one attached hydrogen (secondary N) is 1. The van der Waals surface area contributed by atoms with Gasteiger partial charge in [-0.1, -0.05) is 24.3 Å². The van der Waals surface area contributed by atoms with E-state index in [0.29, 0.717) is 0 Å². The maximum absolute atomic E-state index is 10.4. The van der Waals surface area contributed by atoms with E-state index in [1.54, 1.807) is 11.3 Å². The molecular formula is C14H15NOS. The van der Waals surface area contributed by atoms with E-state index in [0.717, 1.165) is 18.5 Å². The van der Waals surface area contributed by atoms with Crippen molar-refractivity contribution in [2.24, 2.45) is 0 Å². The van der Waals surface area contributed by atoms with Gasteiger partial charge in [-0.3, -0.25) is 0 Å². The maximum Gasteiger partial charge on any atom is 0.0992 e. The molecule has 2 N–H and O–H groups in total. The lowest BCUT2D eigenvalue weighted by Crippen LogP contribution is -2.33. The van der Waals surface area contributed by atoms with Gasteiger partial charge in [-0.2, -0.15) is 11.3 Å². The second-order valence-electron chi connectivity index (χ2n) is 4.38. The van der Waals surface area contributed by atoms with Gasteiger partial charge in [0.2, 0.25) is 0 Å². The lowest BCUT2D eigenvalue weighted by molar-refractivity contribution is 0.126. The largest absolute Gasteiger partial charge is 0.386 e. The molecule has 2 nitrogen and oxygen atoms in total. The number of hydrogen-bond acceptors (Lipinski definition) is 3. The van der Waals surface area contributed by atoms with Crippen LogP contribution < -0.4 is 5.32 Å². The van der Waals surface area contributed by atoms with Crippen molar-refractivity contribution in [3.63, 3.8) is 0 Å². The molecule has 0 bridgehead atoms. The SMILES string of the molecule is OC(c1ccsc1)C1NCCc2ccccc21. The molecule has 3 rings (SSSR count). The highest BCUT2D eigenvalue weighted by Crippen LogP contribution is 2.33. The Bertz CT molecular complexity index is 495. The van der Waals surface area contributed by atoms with Crippen molar-refractivity contribution in [2.45, 2.75) is 18.6 Å². The summed E-state index contributed by atoms with van der Waals surface area (Å²) in [5.74, 6) is 0. The summed E-state index contributed by atoms with van der Waals surface area (Å²) in [6.45, 7) is 0.933. The molecule has 1 aromatic carbocycles. The fourth-order valence-corrected chi connectivity index (χ4v) is 3.14. The van der Waals surface area contributed by atoms with Crippen molar-refractivity contribution in [1.82, 2.24) is 5.32 Å².